The maximum atomic E-state index is 5.18. The number of fused-ring (bicyclic) bond motifs is 4. The number of pyridine rings is 4. The Bertz CT molecular complexity index is 2400. The highest BCUT2D eigenvalue weighted by Gasteiger charge is 2.18. The number of hydrogen-bond acceptors (Lipinski definition) is 6. The van der Waals surface area contributed by atoms with Crippen molar-refractivity contribution in [3.63, 3.8) is 0 Å². The number of nitrogens with zero attached hydrogens (tertiary/aromatic N) is 6. The standard InChI is InChI=1S/C40H30N6/c1-40(2,3)35-20-17-26-14-13-25-15-18-31(43-36(25)37(26)45-35)29-10-8-9-27(23-29)28-16-19-32-30(24-28)38(33-11-4-6-21-41-33)46-39(44-32)34-12-5-7-22-42-34/h4-24H,1-3H3. The Morgan fingerprint density at radius 3 is 1.89 bits per heavy atom. The van der Waals surface area contributed by atoms with Gasteiger partial charge in [-0.3, -0.25) is 9.97 Å². The summed E-state index contributed by atoms with van der Waals surface area (Å²) in [6, 6.07) is 39.2. The highest BCUT2D eigenvalue weighted by molar-refractivity contribution is 6.03. The van der Waals surface area contributed by atoms with Crippen LogP contribution in [0.4, 0.5) is 0 Å². The van der Waals surface area contributed by atoms with E-state index in [0.29, 0.717) is 5.82 Å². The Kier molecular flexibility index (Phi) is 6.57. The van der Waals surface area contributed by atoms with Crippen LogP contribution in [0.25, 0.3) is 78.0 Å². The number of benzene rings is 3. The molecule has 0 atom stereocenters. The van der Waals surface area contributed by atoms with Gasteiger partial charge >= 0.3 is 0 Å². The van der Waals surface area contributed by atoms with Gasteiger partial charge in [-0.1, -0.05) is 81.4 Å². The third-order valence-electron chi connectivity index (χ3n) is 8.28. The van der Waals surface area contributed by atoms with Gasteiger partial charge in [0.2, 0.25) is 0 Å². The summed E-state index contributed by atoms with van der Waals surface area (Å²) in [5.74, 6) is 0.572. The molecule has 0 unspecified atom stereocenters. The smallest absolute Gasteiger partial charge is 0.179 e. The number of rotatable bonds is 4. The summed E-state index contributed by atoms with van der Waals surface area (Å²) in [4.78, 5) is 29.2. The predicted molar refractivity (Wildman–Crippen MR) is 186 cm³/mol. The molecule has 0 fully saturated rings. The lowest BCUT2D eigenvalue weighted by Gasteiger charge is -2.18. The molecule has 0 radical (unpaired) electrons. The van der Waals surface area contributed by atoms with Gasteiger partial charge in [-0.05, 0) is 65.7 Å². The van der Waals surface area contributed by atoms with Crippen molar-refractivity contribution >= 4 is 32.7 Å². The molecule has 0 N–H and O–H groups in total. The molecule has 0 aliphatic rings. The fourth-order valence-electron chi connectivity index (χ4n) is 5.82. The molecule has 220 valence electrons. The van der Waals surface area contributed by atoms with Crippen molar-refractivity contribution in [2.24, 2.45) is 0 Å². The summed E-state index contributed by atoms with van der Waals surface area (Å²) in [7, 11) is 0. The van der Waals surface area contributed by atoms with Crippen LogP contribution in [0.3, 0.4) is 0 Å². The van der Waals surface area contributed by atoms with Gasteiger partial charge in [0.1, 0.15) is 11.4 Å². The molecule has 5 aromatic heterocycles. The van der Waals surface area contributed by atoms with Crippen molar-refractivity contribution in [1.82, 2.24) is 29.9 Å². The van der Waals surface area contributed by atoms with E-state index in [1.54, 1.807) is 12.4 Å². The normalized spacial score (nSPS) is 11.8. The molecular formula is C40H30N6. The third-order valence-corrected chi connectivity index (χ3v) is 8.28. The van der Waals surface area contributed by atoms with Gasteiger partial charge in [-0.15, -0.1) is 0 Å². The van der Waals surface area contributed by atoms with Crippen molar-refractivity contribution in [2.75, 3.05) is 0 Å². The number of hydrogen-bond donors (Lipinski definition) is 0. The first-order chi connectivity index (χ1) is 22.4. The van der Waals surface area contributed by atoms with E-state index < -0.39 is 0 Å². The van der Waals surface area contributed by atoms with E-state index in [9.17, 15) is 0 Å². The molecule has 6 nitrogen and oxygen atoms in total. The Labute approximate surface area is 266 Å². The molecule has 46 heavy (non-hydrogen) atoms. The van der Waals surface area contributed by atoms with Crippen LogP contribution in [0.15, 0.2) is 128 Å². The first kappa shape index (κ1) is 27.7. The van der Waals surface area contributed by atoms with Crippen LogP contribution in [-0.2, 0) is 5.41 Å². The fraction of sp³-hybridized carbons (Fsp3) is 0.100. The van der Waals surface area contributed by atoms with E-state index in [-0.39, 0.29) is 5.41 Å². The molecule has 3 aromatic carbocycles. The van der Waals surface area contributed by atoms with Gasteiger partial charge in [-0.2, -0.15) is 0 Å². The Morgan fingerprint density at radius 1 is 0.478 bits per heavy atom. The molecule has 0 aliphatic heterocycles. The minimum absolute atomic E-state index is 0.0520. The highest BCUT2D eigenvalue weighted by atomic mass is 14.9. The molecule has 8 rings (SSSR count). The predicted octanol–water partition coefficient (Wildman–Crippen LogP) is 9.48. The van der Waals surface area contributed by atoms with Crippen LogP contribution >= 0.6 is 0 Å². The van der Waals surface area contributed by atoms with Gasteiger partial charge < -0.3 is 0 Å². The fourth-order valence-corrected chi connectivity index (χ4v) is 5.82. The van der Waals surface area contributed by atoms with Gasteiger partial charge in [0, 0.05) is 45.2 Å². The van der Waals surface area contributed by atoms with Crippen molar-refractivity contribution in [3.05, 3.63) is 133 Å². The second kappa shape index (κ2) is 10.9. The summed E-state index contributed by atoms with van der Waals surface area (Å²) < 4.78 is 0. The van der Waals surface area contributed by atoms with Crippen LogP contribution < -0.4 is 0 Å². The zero-order chi connectivity index (χ0) is 31.3. The van der Waals surface area contributed by atoms with Gasteiger partial charge in [-0.25, -0.2) is 19.9 Å². The van der Waals surface area contributed by atoms with E-state index in [0.717, 1.165) is 77.9 Å². The molecule has 0 aliphatic carbocycles. The van der Waals surface area contributed by atoms with Crippen LogP contribution in [0.2, 0.25) is 0 Å². The maximum Gasteiger partial charge on any atom is 0.179 e. The second-order valence-corrected chi connectivity index (χ2v) is 12.5. The zero-order valence-corrected chi connectivity index (χ0v) is 25.8. The molecule has 0 amide bonds. The average molecular weight is 595 g/mol. The van der Waals surface area contributed by atoms with E-state index in [2.05, 4.69) is 110 Å². The average Bonchev–Trinajstić information content (AvgIpc) is 3.11. The number of aromatic nitrogens is 6. The summed E-state index contributed by atoms with van der Waals surface area (Å²) in [6.07, 6.45) is 3.54. The minimum Gasteiger partial charge on any atom is -0.255 e. The summed E-state index contributed by atoms with van der Waals surface area (Å²) in [5, 5.41) is 3.09. The first-order valence-corrected chi connectivity index (χ1v) is 15.4. The maximum absolute atomic E-state index is 5.18. The first-order valence-electron chi connectivity index (χ1n) is 15.4. The molecule has 0 bridgehead atoms. The molecule has 5 heterocycles. The van der Waals surface area contributed by atoms with Crippen molar-refractivity contribution in [1.29, 1.82) is 0 Å². The van der Waals surface area contributed by atoms with E-state index in [1.807, 2.05) is 36.4 Å². The quantitative estimate of drug-likeness (QED) is 0.189. The molecular weight excluding hydrogens is 564 g/mol. The van der Waals surface area contributed by atoms with Crippen molar-refractivity contribution < 1.29 is 0 Å². The Morgan fingerprint density at radius 2 is 1.15 bits per heavy atom. The van der Waals surface area contributed by atoms with E-state index in [1.165, 1.54) is 0 Å². The molecule has 0 saturated carbocycles. The zero-order valence-electron chi connectivity index (χ0n) is 25.8. The van der Waals surface area contributed by atoms with Crippen LogP contribution in [0.1, 0.15) is 26.5 Å². The Hall–Kier alpha value is -5.88. The molecule has 0 spiro atoms. The van der Waals surface area contributed by atoms with E-state index in [4.69, 9.17) is 19.9 Å². The van der Waals surface area contributed by atoms with Crippen molar-refractivity contribution in [2.45, 2.75) is 26.2 Å². The minimum atomic E-state index is -0.0520. The van der Waals surface area contributed by atoms with Crippen LogP contribution in [-0.4, -0.2) is 29.9 Å². The third kappa shape index (κ3) is 5.04. The van der Waals surface area contributed by atoms with Gasteiger partial charge in [0.05, 0.1) is 27.9 Å². The highest BCUT2D eigenvalue weighted by Crippen LogP contribution is 2.34. The van der Waals surface area contributed by atoms with Gasteiger partial charge in [0.25, 0.3) is 0 Å². The topological polar surface area (TPSA) is 77.3 Å². The summed E-state index contributed by atoms with van der Waals surface area (Å²) >= 11 is 0. The summed E-state index contributed by atoms with van der Waals surface area (Å²) in [6.45, 7) is 6.57. The van der Waals surface area contributed by atoms with Crippen molar-refractivity contribution in [3.8, 4) is 45.3 Å². The lowest BCUT2D eigenvalue weighted by atomic mass is 9.91. The van der Waals surface area contributed by atoms with Crippen LogP contribution in [0, 0.1) is 0 Å². The Balaban J connectivity index is 1.25. The monoisotopic (exact) mass is 594 g/mol. The second-order valence-electron chi connectivity index (χ2n) is 12.5. The largest absolute Gasteiger partial charge is 0.255 e. The molecule has 0 saturated heterocycles. The summed E-state index contributed by atoms with van der Waals surface area (Å²) in [5.41, 5.74) is 10.0. The molecule has 6 heteroatoms. The lowest BCUT2D eigenvalue weighted by Crippen LogP contribution is -2.13. The SMILES string of the molecule is CC(C)(C)c1ccc2ccc3ccc(-c4cccc(-c5ccc6nc(-c7ccccn7)nc(-c7ccccn7)c6c5)c4)nc3c2n1. The lowest BCUT2D eigenvalue weighted by molar-refractivity contribution is 0.571. The van der Waals surface area contributed by atoms with Crippen LogP contribution in [0.5, 0.6) is 0 Å². The van der Waals surface area contributed by atoms with E-state index >= 15 is 0 Å². The molecule has 8 aromatic rings. The van der Waals surface area contributed by atoms with Gasteiger partial charge in [0.15, 0.2) is 5.82 Å².